The average Bonchev–Trinajstić information content (AvgIpc) is 2.86. The first-order valence-electron chi connectivity index (χ1n) is 9.61. The van der Waals surface area contributed by atoms with Gasteiger partial charge in [0.2, 0.25) is 0 Å². The molecule has 2 saturated carbocycles. The van der Waals surface area contributed by atoms with Crippen LogP contribution in [0.2, 0.25) is 0 Å². The molecule has 0 aromatic carbocycles. The zero-order valence-electron chi connectivity index (χ0n) is 16.5. The Morgan fingerprint density at radius 2 is 1.88 bits per heavy atom. The molecule has 0 nitrogen and oxygen atoms in total. The van der Waals surface area contributed by atoms with Crippen LogP contribution in [0.25, 0.3) is 0 Å². The summed E-state index contributed by atoms with van der Waals surface area (Å²) >= 11 is 0. The molecule has 0 radical (unpaired) electrons. The van der Waals surface area contributed by atoms with Gasteiger partial charge in [0.15, 0.2) is 0 Å². The van der Waals surface area contributed by atoms with Gasteiger partial charge in [0.1, 0.15) is 0 Å². The summed E-state index contributed by atoms with van der Waals surface area (Å²) in [6.45, 7) is 20.1. The van der Waals surface area contributed by atoms with Gasteiger partial charge < -0.3 is 0 Å². The fraction of sp³-hybridized carbons (Fsp3) is 0.652. The Bertz CT molecular complexity index is 567. The van der Waals surface area contributed by atoms with Crippen molar-refractivity contribution in [2.24, 2.45) is 28.6 Å². The highest BCUT2D eigenvalue weighted by Crippen LogP contribution is 2.62. The monoisotopic (exact) mass is 344 g/mol. The van der Waals surface area contributed by atoms with Crippen LogP contribution in [0.4, 0.5) is 0 Å². The van der Waals surface area contributed by atoms with Gasteiger partial charge >= 0.3 is 0 Å². The molecular formula is C23H37P. The number of allylic oxidation sites excluding steroid dienone is 6. The molecule has 3 aliphatic rings. The molecule has 1 heteroatoms. The van der Waals surface area contributed by atoms with Gasteiger partial charge in [-0.25, -0.2) is 0 Å². The van der Waals surface area contributed by atoms with Crippen LogP contribution < -0.4 is 0 Å². The molecule has 2 fully saturated rings. The van der Waals surface area contributed by atoms with Crippen LogP contribution >= 0.6 is 9.24 Å². The van der Waals surface area contributed by atoms with E-state index < -0.39 is 0 Å². The molecule has 0 N–H and O–H groups in total. The van der Waals surface area contributed by atoms with Crippen molar-refractivity contribution in [1.82, 2.24) is 0 Å². The molecule has 134 valence electrons. The minimum atomic E-state index is 0.215. The van der Waals surface area contributed by atoms with Crippen LogP contribution in [0, 0.1) is 28.6 Å². The van der Waals surface area contributed by atoms with E-state index in [1.165, 1.54) is 43.3 Å². The third kappa shape index (κ3) is 3.24. The van der Waals surface area contributed by atoms with Gasteiger partial charge in [-0.05, 0) is 61.3 Å². The summed E-state index contributed by atoms with van der Waals surface area (Å²) in [5.74, 6) is 2.43. The minimum Gasteiger partial charge on any atom is -0.141 e. The first-order chi connectivity index (χ1) is 11.3. The van der Waals surface area contributed by atoms with Crippen LogP contribution in [0.5, 0.6) is 0 Å². The van der Waals surface area contributed by atoms with Gasteiger partial charge in [-0.3, -0.25) is 0 Å². The maximum Gasteiger partial charge on any atom is 0.00972 e. The van der Waals surface area contributed by atoms with Gasteiger partial charge in [0, 0.05) is 5.41 Å². The van der Waals surface area contributed by atoms with Gasteiger partial charge in [-0.1, -0.05) is 76.4 Å². The highest BCUT2D eigenvalue weighted by molar-refractivity contribution is 7.15. The van der Waals surface area contributed by atoms with Crippen molar-refractivity contribution in [1.29, 1.82) is 0 Å². The van der Waals surface area contributed by atoms with Crippen molar-refractivity contribution in [3.63, 3.8) is 0 Å². The number of fused-ring (bicyclic) bond motifs is 1. The summed E-state index contributed by atoms with van der Waals surface area (Å²) in [5.41, 5.74) is 4.88. The zero-order chi connectivity index (χ0) is 18.1. The van der Waals surface area contributed by atoms with Crippen LogP contribution in [-0.4, -0.2) is 6.66 Å². The second-order valence-electron chi connectivity index (χ2n) is 8.63. The molecule has 6 unspecified atom stereocenters. The van der Waals surface area contributed by atoms with Crippen molar-refractivity contribution in [2.45, 2.75) is 59.8 Å². The SMILES string of the molecule is C=C1C=CC(C)(C2CCC3(C)CC(=C)CC3C2CC)C(C)=C1.CP. The highest BCUT2D eigenvalue weighted by atomic mass is 31.0. The van der Waals surface area contributed by atoms with E-state index in [1.807, 2.05) is 6.66 Å². The molecule has 0 spiro atoms. The Labute approximate surface area is 152 Å². The Balaban J connectivity index is 0.00000100. The summed E-state index contributed by atoms with van der Waals surface area (Å²) in [4.78, 5) is 0. The minimum absolute atomic E-state index is 0.215. The molecule has 0 heterocycles. The first-order valence-corrected chi connectivity index (χ1v) is 10.8. The molecule has 0 aliphatic heterocycles. The zero-order valence-corrected chi connectivity index (χ0v) is 17.6. The molecule has 0 aromatic rings. The lowest BCUT2D eigenvalue weighted by Gasteiger charge is -2.52. The predicted molar refractivity (Wildman–Crippen MR) is 112 cm³/mol. The Morgan fingerprint density at radius 1 is 1.21 bits per heavy atom. The highest BCUT2D eigenvalue weighted by Gasteiger charge is 2.53. The van der Waals surface area contributed by atoms with Crippen LogP contribution in [-0.2, 0) is 0 Å². The molecule has 0 bridgehead atoms. The Morgan fingerprint density at radius 3 is 2.46 bits per heavy atom. The van der Waals surface area contributed by atoms with Crippen LogP contribution in [0.3, 0.4) is 0 Å². The van der Waals surface area contributed by atoms with Gasteiger partial charge in [-0.2, -0.15) is 0 Å². The lowest BCUT2D eigenvalue weighted by molar-refractivity contribution is 0.00271. The molecule has 0 amide bonds. The molecule has 3 rings (SSSR count). The number of hydrogen-bond acceptors (Lipinski definition) is 0. The van der Waals surface area contributed by atoms with E-state index in [0.29, 0.717) is 5.41 Å². The maximum absolute atomic E-state index is 4.34. The molecule has 0 saturated heterocycles. The van der Waals surface area contributed by atoms with Crippen molar-refractivity contribution < 1.29 is 0 Å². The molecule has 6 atom stereocenters. The third-order valence-electron chi connectivity index (χ3n) is 7.25. The van der Waals surface area contributed by atoms with E-state index in [1.54, 1.807) is 0 Å². The Hall–Kier alpha value is -0.610. The van der Waals surface area contributed by atoms with Crippen molar-refractivity contribution in [2.75, 3.05) is 6.66 Å². The second-order valence-corrected chi connectivity index (χ2v) is 8.63. The fourth-order valence-corrected chi connectivity index (χ4v) is 5.88. The van der Waals surface area contributed by atoms with E-state index in [-0.39, 0.29) is 5.41 Å². The van der Waals surface area contributed by atoms with Crippen molar-refractivity contribution in [3.05, 3.63) is 48.1 Å². The normalized spacial score (nSPS) is 41.4. The van der Waals surface area contributed by atoms with Crippen LogP contribution in [0.15, 0.2) is 48.1 Å². The van der Waals surface area contributed by atoms with E-state index in [0.717, 1.165) is 23.3 Å². The quantitative estimate of drug-likeness (QED) is 0.375. The summed E-state index contributed by atoms with van der Waals surface area (Å²) in [7, 11) is 2.42. The van der Waals surface area contributed by atoms with Gasteiger partial charge in [0.25, 0.3) is 0 Å². The smallest absolute Gasteiger partial charge is 0.00972 e. The largest absolute Gasteiger partial charge is 0.141 e. The third-order valence-corrected chi connectivity index (χ3v) is 7.25. The predicted octanol–water partition coefficient (Wildman–Crippen LogP) is 6.97. The summed E-state index contributed by atoms with van der Waals surface area (Å²) in [6, 6.07) is 0. The molecular weight excluding hydrogens is 307 g/mol. The summed E-state index contributed by atoms with van der Waals surface area (Å²) < 4.78 is 0. The van der Waals surface area contributed by atoms with E-state index in [9.17, 15) is 0 Å². The molecule has 0 aromatic heterocycles. The summed E-state index contributed by atoms with van der Waals surface area (Å²) in [5, 5.41) is 0. The Kier molecular flexibility index (Phi) is 6.02. The molecule has 24 heavy (non-hydrogen) atoms. The topological polar surface area (TPSA) is 0 Å². The average molecular weight is 345 g/mol. The fourth-order valence-electron chi connectivity index (χ4n) is 5.88. The van der Waals surface area contributed by atoms with Crippen molar-refractivity contribution in [3.8, 4) is 0 Å². The van der Waals surface area contributed by atoms with Crippen molar-refractivity contribution >= 4 is 9.24 Å². The van der Waals surface area contributed by atoms with Gasteiger partial charge in [0.05, 0.1) is 0 Å². The molecule has 3 aliphatic carbocycles. The number of rotatable bonds is 2. The lowest BCUT2D eigenvalue weighted by Crippen LogP contribution is -2.44. The number of hydrogen-bond donors (Lipinski definition) is 0. The van der Waals surface area contributed by atoms with E-state index in [2.05, 4.69) is 68.3 Å². The second kappa shape index (κ2) is 7.33. The van der Waals surface area contributed by atoms with E-state index >= 15 is 0 Å². The maximum atomic E-state index is 4.34. The summed E-state index contributed by atoms with van der Waals surface area (Å²) in [6.07, 6.45) is 13.5. The standard InChI is InChI=1S/C22H32.CH5P/c1-7-18-19(22(6)11-8-15(2)12-17(22)4)9-10-21(5)14-16(3)13-20(18)21;1-2/h8,11-12,18-20H,2-3,7,9-10,13-14H2,1,4-6H3;2H2,1H3. The van der Waals surface area contributed by atoms with Crippen LogP contribution in [0.1, 0.15) is 59.8 Å². The van der Waals surface area contributed by atoms with E-state index in [4.69, 9.17) is 0 Å². The van der Waals surface area contributed by atoms with Gasteiger partial charge in [-0.15, -0.1) is 9.24 Å². The first kappa shape index (κ1) is 19.7. The lowest BCUT2D eigenvalue weighted by atomic mass is 9.52.